The molecular weight excluding hydrogens is 422 g/mol. The molecule has 34 heavy (non-hydrogen) atoms. The fourth-order valence-corrected chi connectivity index (χ4v) is 4.36. The third-order valence-corrected chi connectivity index (χ3v) is 5.97. The van der Waals surface area contributed by atoms with Gasteiger partial charge in [0.1, 0.15) is 0 Å². The highest BCUT2D eigenvalue weighted by Gasteiger charge is 2.11. The Bertz CT molecular complexity index is 1700. The van der Waals surface area contributed by atoms with Gasteiger partial charge in [-0.15, -0.1) is 0 Å². The average molecular weight is 444 g/mol. The Labute approximate surface area is 195 Å². The summed E-state index contributed by atoms with van der Waals surface area (Å²) in [6.07, 6.45) is 7.97. The minimum atomic E-state index is -0.433. The summed E-state index contributed by atoms with van der Waals surface area (Å²) in [6.45, 7) is 1.99. The number of hydrogen-bond donors (Lipinski definition) is 3. The molecule has 0 spiro atoms. The van der Waals surface area contributed by atoms with Crippen molar-refractivity contribution in [2.45, 2.75) is 6.92 Å². The monoisotopic (exact) mass is 443 g/mol. The molecule has 6 heteroatoms. The Morgan fingerprint density at radius 2 is 1.32 bits per heavy atom. The first-order valence-corrected chi connectivity index (χ1v) is 11.0. The predicted octanol–water partition coefficient (Wildman–Crippen LogP) is 5.73. The molecule has 0 atom stereocenters. The van der Waals surface area contributed by atoms with Gasteiger partial charge in [0.05, 0.1) is 22.8 Å². The van der Waals surface area contributed by atoms with Crippen molar-refractivity contribution in [3.8, 4) is 11.1 Å². The van der Waals surface area contributed by atoms with Crippen LogP contribution >= 0.6 is 0 Å². The van der Waals surface area contributed by atoms with E-state index in [9.17, 15) is 4.79 Å². The van der Waals surface area contributed by atoms with Crippen molar-refractivity contribution in [2.24, 2.45) is 5.73 Å². The molecule has 0 unspecified atom stereocenters. The van der Waals surface area contributed by atoms with Crippen LogP contribution < -0.4 is 5.73 Å². The van der Waals surface area contributed by atoms with Crippen molar-refractivity contribution < 1.29 is 4.79 Å². The van der Waals surface area contributed by atoms with Gasteiger partial charge in [-0.3, -0.25) is 4.79 Å². The van der Waals surface area contributed by atoms with Crippen LogP contribution in [0, 0.1) is 6.92 Å². The van der Waals surface area contributed by atoms with Crippen molar-refractivity contribution in [1.29, 1.82) is 0 Å². The Morgan fingerprint density at radius 1 is 0.676 bits per heavy atom. The molecule has 6 nitrogen and oxygen atoms in total. The number of nitrogens with zero attached hydrogens (tertiary/aromatic N) is 2. The van der Waals surface area contributed by atoms with Gasteiger partial charge in [-0.25, -0.2) is 9.97 Å². The van der Waals surface area contributed by atoms with E-state index in [0.717, 1.165) is 61.5 Å². The number of rotatable bonds is 2. The zero-order chi connectivity index (χ0) is 23.2. The quantitative estimate of drug-likeness (QED) is 0.319. The molecule has 1 amide bonds. The average Bonchev–Trinajstić information content (AvgIpc) is 3.59. The van der Waals surface area contributed by atoms with Crippen LogP contribution in [0.3, 0.4) is 0 Å². The number of aromatic nitrogens is 4. The van der Waals surface area contributed by atoms with Gasteiger partial charge in [-0.05, 0) is 97.0 Å². The van der Waals surface area contributed by atoms with Gasteiger partial charge in [0, 0.05) is 33.2 Å². The molecule has 6 rings (SSSR count). The molecule has 3 aromatic heterocycles. The van der Waals surface area contributed by atoms with E-state index in [1.54, 1.807) is 6.07 Å². The Morgan fingerprint density at radius 3 is 2.00 bits per heavy atom. The lowest BCUT2D eigenvalue weighted by Crippen LogP contribution is -2.10. The highest BCUT2D eigenvalue weighted by molar-refractivity contribution is 5.95. The summed E-state index contributed by atoms with van der Waals surface area (Å²) in [5.74, 6) is -0.433. The lowest BCUT2D eigenvalue weighted by molar-refractivity contribution is 0.1000. The van der Waals surface area contributed by atoms with Gasteiger partial charge in [0.2, 0.25) is 5.91 Å². The standard InChI is InChI=1S/C28H21N5O/c1-16-10-17(28(29)34)2-9-25(16)26-14-24-13-22-6-5-20(31-22)11-18-3-4-19(30-18)12-21-7-8-23(32-21)15-27(26)33-24/h2-15,31,33H,1H3,(H2,29,34). The number of nitrogens with two attached hydrogens (primary N) is 1. The molecule has 0 radical (unpaired) electrons. The Hall–Kier alpha value is -4.71. The highest BCUT2D eigenvalue weighted by atomic mass is 16.1. The van der Waals surface area contributed by atoms with E-state index < -0.39 is 5.91 Å². The second-order valence-electron chi connectivity index (χ2n) is 8.48. The summed E-state index contributed by atoms with van der Waals surface area (Å²) in [5, 5.41) is 0. The lowest BCUT2D eigenvalue weighted by atomic mass is 9.99. The number of carbonyl (C=O) groups is 1. The second kappa shape index (κ2) is 7.71. The molecule has 8 bridgehead atoms. The summed E-state index contributed by atoms with van der Waals surface area (Å²) in [6, 6.07) is 19.8. The van der Waals surface area contributed by atoms with Crippen LogP contribution in [0.25, 0.3) is 57.5 Å². The maximum absolute atomic E-state index is 11.6. The third kappa shape index (κ3) is 3.71. The summed E-state index contributed by atoms with van der Waals surface area (Å²) < 4.78 is 0. The normalized spacial score (nSPS) is 12.3. The fraction of sp³-hybridized carbons (Fsp3) is 0.0357. The molecular formula is C28H21N5O. The number of benzene rings is 1. The van der Waals surface area contributed by atoms with E-state index in [0.29, 0.717) is 5.56 Å². The van der Waals surface area contributed by atoms with Crippen molar-refractivity contribution in [2.75, 3.05) is 0 Å². The van der Waals surface area contributed by atoms with Crippen molar-refractivity contribution in [1.82, 2.24) is 19.9 Å². The van der Waals surface area contributed by atoms with Crippen molar-refractivity contribution in [3.63, 3.8) is 0 Å². The zero-order valence-electron chi connectivity index (χ0n) is 18.5. The van der Waals surface area contributed by atoms with Crippen LogP contribution in [-0.2, 0) is 0 Å². The molecule has 2 aliphatic heterocycles. The first-order chi connectivity index (χ1) is 16.5. The second-order valence-corrected chi connectivity index (χ2v) is 8.48. The smallest absolute Gasteiger partial charge is 0.248 e. The number of aryl methyl sites for hydroxylation is 1. The number of H-pyrrole nitrogens is 2. The van der Waals surface area contributed by atoms with Crippen LogP contribution in [0.4, 0.5) is 0 Å². The van der Waals surface area contributed by atoms with E-state index in [2.05, 4.69) is 27.1 Å². The van der Waals surface area contributed by atoms with E-state index >= 15 is 0 Å². The van der Waals surface area contributed by atoms with Crippen LogP contribution in [-0.4, -0.2) is 25.8 Å². The van der Waals surface area contributed by atoms with Crippen LogP contribution in [0.5, 0.6) is 0 Å². The van der Waals surface area contributed by atoms with Gasteiger partial charge in [0.25, 0.3) is 0 Å². The zero-order valence-corrected chi connectivity index (χ0v) is 18.5. The van der Waals surface area contributed by atoms with Crippen LogP contribution in [0.15, 0.2) is 60.7 Å². The molecule has 4 N–H and O–H groups in total. The summed E-state index contributed by atoms with van der Waals surface area (Å²) >= 11 is 0. The number of aromatic amines is 2. The van der Waals surface area contributed by atoms with E-state index in [-0.39, 0.29) is 0 Å². The maximum Gasteiger partial charge on any atom is 0.248 e. The molecule has 0 saturated carbocycles. The van der Waals surface area contributed by atoms with Gasteiger partial charge in [-0.1, -0.05) is 6.07 Å². The SMILES string of the molecule is Cc1cc(C(N)=O)ccc1-c1cc2cc3ccc(cc4nc(cc5nc(cc1[nH]2)C=C5)C=C4)[nH]3. The molecule has 1 aromatic carbocycles. The van der Waals surface area contributed by atoms with Crippen molar-refractivity contribution in [3.05, 3.63) is 94.6 Å². The topological polar surface area (TPSA) is 100 Å². The number of primary amides is 1. The number of carbonyl (C=O) groups excluding carboxylic acids is 1. The first-order valence-electron chi connectivity index (χ1n) is 11.0. The Balaban J connectivity index is 1.64. The van der Waals surface area contributed by atoms with E-state index in [4.69, 9.17) is 10.7 Å². The van der Waals surface area contributed by atoms with Crippen LogP contribution in [0.1, 0.15) is 38.7 Å². The van der Waals surface area contributed by atoms with Gasteiger partial charge >= 0.3 is 0 Å². The fourth-order valence-electron chi connectivity index (χ4n) is 4.36. The summed E-state index contributed by atoms with van der Waals surface area (Å²) in [5.41, 5.74) is 16.3. The minimum Gasteiger partial charge on any atom is -0.366 e. The lowest BCUT2D eigenvalue weighted by Gasteiger charge is -2.06. The van der Waals surface area contributed by atoms with E-state index in [1.807, 2.05) is 73.7 Å². The molecule has 164 valence electrons. The maximum atomic E-state index is 11.6. The van der Waals surface area contributed by atoms with Gasteiger partial charge in [-0.2, -0.15) is 0 Å². The third-order valence-electron chi connectivity index (χ3n) is 5.97. The Kier molecular flexibility index (Phi) is 4.52. The van der Waals surface area contributed by atoms with Crippen molar-refractivity contribution >= 4 is 52.3 Å². The molecule has 0 fully saturated rings. The molecule has 5 heterocycles. The number of nitrogens with one attached hydrogen (secondary N) is 2. The predicted molar refractivity (Wildman–Crippen MR) is 138 cm³/mol. The van der Waals surface area contributed by atoms with Gasteiger partial charge in [0.15, 0.2) is 0 Å². The number of hydrogen-bond acceptors (Lipinski definition) is 3. The molecule has 0 aliphatic carbocycles. The van der Waals surface area contributed by atoms with Crippen LogP contribution in [0.2, 0.25) is 0 Å². The number of amides is 1. The highest BCUT2D eigenvalue weighted by Crippen LogP contribution is 2.30. The van der Waals surface area contributed by atoms with E-state index in [1.165, 1.54) is 0 Å². The molecule has 0 saturated heterocycles. The molecule has 2 aliphatic rings. The summed E-state index contributed by atoms with van der Waals surface area (Å²) in [4.78, 5) is 28.0. The van der Waals surface area contributed by atoms with Gasteiger partial charge < -0.3 is 15.7 Å². The number of fused-ring (bicyclic) bond motifs is 8. The first kappa shape index (κ1) is 19.9. The minimum absolute atomic E-state index is 0.433. The summed E-state index contributed by atoms with van der Waals surface area (Å²) in [7, 11) is 0. The largest absolute Gasteiger partial charge is 0.366 e. The molecule has 4 aromatic rings.